The topological polar surface area (TPSA) is 99.8 Å². The van der Waals surface area contributed by atoms with E-state index in [1.807, 2.05) is 0 Å². The van der Waals surface area contributed by atoms with Crippen molar-refractivity contribution >= 4 is 46.5 Å². The first-order valence-corrected chi connectivity index (χ1v) is 9.06. The third-order valence-electron chi connectivity index (χ3n) is 3.87. The maximum absolute atomic E-state index is 12.1. The number of fused-ring (bicyclic) bond motifs is 1. The molecule has 0 saturated heterocycles. The lowest BCUT2D eigenvalue weighted by molar-refractivity contribution is -0.119. The van der Waals surface area contributed by atoms with Crippen LogP contribution in [0.5, 0.6) is 0 Å². The van der Waals surface area contributed by atoms with E-state index in [-0.39, 0.29) is 11.9 Å². The van der Waals surface area contributed by atoms with Crippen LogP contribution in [-0.2, 0) is 4.79 Å². The first-order chi connectivity index (χ1) is 11.5. The van der Waals surface area contributed by atoms with Crippen LogP contribution in [0, 0.1) is 0 Å². The number of carbonyl (C=O) groups excluding carboxylic acids is 2. The van der Waals surface area contributed by atoms with E-state index in [1.165, 1.54) is 18.0 Å². The van der Waals surface area contributed by atoms with E-state index in [9.17, 15) is 9.59 Å². The molecule has 2 heterocycles. The normalized spacial score (nSPS) is 16.2. The van der Waals surface area contributed by atoms with Crippen LogP contribution in [0.4, 0.5) is 4.79 Å². The van der Waals surface area contributed by atoms with Crippen molar-refractivity contribution in [1.82, 2.24) is 25.6 Å². The highest BCUT2D eigenvalue weighted by Gasteiger charge is 2.22. The standard InChI is InChI=1S/C15H18ClN5O2S/c1-8(13(22)21-14(23)18-10-4-2-3-5-10)24-15-19-11-6-9(16)7-17-12(11)20-15/h6-8,10H,2-5H2,1H3,(H,17,19,20)(H2,18,21,22,23)/t8-/m1/s1. The number of urea groups is 1. The molecule has 9 heteroatoms. The Labute approximate surface area is 148 Å². The van der Waals surface area contributed by atoms with Crippen LogP contribution in [-0.4, -0.2) is 38.2 Å². The van der Waals surface area contributed by atoms with Gasteiger partial charge < -0.3 is 10.3 Å². The number of hydrogen-bond acceptors (Lipinski definition) is 5. The third-order valence-corrected chi connectivity index (χ3v) is 5.06. The average Bonchev–Trinajstić information content (AvgIpc) is 3.15. The molecule has 7 nitrogen and oxygen atoms in total. The number of halogens is 1. The highest BCUT2D eigenvalue weighted by molar-refractivity contribution is 8.00. The summed E-state index contributed by atoms with van der Waals surface area (Å²) in [6.45, 7) is 1.72. The Morgan fingerprint density at radius 1 is 1.42 bits per heavy atom. The SMILES string of the molecule is C[C@@H](Sc1nc2ncc(Cl)cc2[nH]1)C(=O)NC(=O)NC1CCCC1. The van der Waals surface area contributed by atoms with Crippen molar-refractivity contribution in [2.75, 3.05) is 0 Å². The zero-order chi connectivity index (χ0) is 17.1. The maximum Gasteiger partial charge on any atom is 0.321 e. The molecule has 2 aromatic rings. The van der Waals surface area contributed by atoms with Crippen molar-refractivity contribution in [3.05, 3.63) is 17.3 Å². The number of thioether (sulfide) groups is 1. The Hall–Kier alpha value is -1.80. The Balaban J connectivity index is 1.55. The van der Waals surface area contributed by atoms with E-state index in [2.05, 4.69) is 25.6 Å². The number of aromatic nitrogens is 3. The molecule has 3 rings (SSSR count). The summed E-state index contributed by atoms with van der Waals surface area (Å²) < 4.78 is 0. The quantitative estimate of drug-likeness (QED) is 0.721. The first kappa shape index (κ1) is 17.0. The van der Waals surface area contributed by atoms with E-state index in [1.54, 1.807) is 13.0 Å². The first-order valence-electron chi connectivity index (χ1n) is 7.80. The summed E-state index contributed by atoms with van der Waals surface area (Å²) >= 11 is 7.11. The second-order valence-electron chi connectivity index (χ2n) is 5.77. The van der Waals surface area contributed by atoms with Gasteiger partial charge in [0.1, 0.15) is 0 Å². The van der Waals surface area contributed by atoms with Crippen LogP contribution >= 0.6 is 23.4 Å². The molecule has 2 aromatic heterocycles. The molecule has 128 valence electrons. The Kier molecular flexibility index (Phi) is 5.25. The number of hydrogen-bond donors (Lipinski definition) is 3. The number of rotatable bonds is 4. The molecular weight excluding hydrogens is 350 g/mol. The lowest BCUT2D eigenvalue weighted by Gasteiger charge is -2.14. The zero-order valence-corrected chi connectivity index (χ0v) is 14.7. The molecule has 0 spiro atoms. The predicted molar refractivity (Wildman–Crippen MR) is 93.1 cm³/mol. The predicted octanol–water partition coefficient (Wildman–Crippen LogP) is 2.86. The number of imidazole rings is 1. The minimum Gasteiger partial charge on any atom is -0.335 e. The smallest absolute Gasteiger partial charge is 0.321 e. The number of carbonyl (C=O) groups is 2. The Morgan fingerprint density at radius 3 is 2.92 bits per heavy atom. The van der Waals surface area contributed by atoms with Crippen molar-refractivity contribution < 1.29 is 9.59 Å². The summed E-state index contributed by atoms with van der Waals surface area (Å²) in [5.41, 5.74) is 1.24. The van der Waals surface area contributed by atoms with Crippen LogP contribution in [0.2, 0.25) is 5.02 Å². The van der Waals surface area contributed by atoms with Gasteiger partial charge in [-0.1, -0.05) is 36.2 Å². The molecule has 1 fully saturated rings. The number of pyridine rings is 1. The van der Waals surface area contributed by atoms with E-state index in [0.29, 0.717) is 21.3 Å². The van der Waals surface area contributed by atoms with Crippen LogP contribution in [0.3, 0.4) is 0 Å². The molecule has 0 aliphatic heterocycles. The van der Waals surface area contributed by atoms with Crippen molar-refractivity contribution in [2.45, 2.75) is 49.1 Å². The summed E-state index contributed by atoms with van der Waals surface area (Å²) in [7, 11) is 0. The van der Waals surface area contributed by atoms with E-state index < -0.39 is 11.3 Å². The second-order valence-corrected chi connectivity index (χ2v) is 7.54. The van der Waals surface area contributed by atoms with Gasteiger partial charge >= 0.3 is 6.03 Å². The highest BCUT2D eigenvalue weighted by atomic mass is 35.5. The monoisotopic (exact) mass is 367 g/mol. The van der Waals surface area contributed by atoms with Crippen LogP contribution in [0.25, 0.3) is 11.2 Å². The molecule has 1 saturated carbocycles. The molecule has 1 aliphatic carbocycles. The van der Waals surface area contributed by atoms with Crippen LogP contribution in [0.15, 0.2) is 17.4 Å². The van der Waals surface area contributed by atoms with E-state index >= 15 is 0 Å². The molecule has 0 unspecified atom stereocenters. The van der Waals surface area contributed by atoms with Gasteiger partial charge in [-0.05, 0) is 25.8 Å². The van der Waals surface area contributed by atoms with Gasteiger partial charge in [-0.2, -0.15) is 0 Å². The average molecular weight is 368 g/mol. The Morgan fingerprint density at radius 2 is 2.17 bits per heavy atom. The summed E-state index contributed by atoms with van der Waals surface area (Å²) in [6, 6.07) is 1.46. The second kappa shape index (κ2) is 7.40. The largest absolute Gasteiger partial charge is 0.335 e. The van der Waals surface area contributed by atoms with Gasteiger partial charge in [0, 0.05) is 12.2 Å². The molecular formula is C15H18ClN5O2S. The van der Waals surface area contributed by atoms with Gasteiger partial charge in [0.15, 0.2) is 10.8 Å². The molecule has 24 heavy (non-hydrogen) atoms. The molecule has 0 bridgehead atoms. The summed E-state index contributed by atoms with van der Waals surface area (Å²) in [5, 5.41) is 5.80. The van der Waals surface area contributed by atoms with E-state index in [0.717, 1.165) is 25.7 Å². The summed E-state index contributed by atoms with van der Waals surface area (Å²) in [6.07, 6.45) is 5.70. The van der Waals surface area contributed by atoms with Gasteiger partial charge in [-0.15, -0.1) is 0 Å². The minimum atomic E-state index is -0.477. The molecule has 3 amide bonds. The number of amides is 3. The lowest BCUT2D eigenvalue weighted by Crippen LogP contribution is -2.45. The van der Waals surface area contributed by atoms with Crippen LogP contribution in [0.1, 0.15) is 32.6 Å². The lowest BCUT2D eigenvalue weighted by atomic mass is 10.2. The fourth-order valence-electron chi connectivity index (χ4n) is 2.63. The highest BCUT2D eigenvalue weighted by Crippen LogP contribution is 2.24. The van der Waals surface area contributed by atoms with Gasteiger partial charge in [0.2, 0.25) is 5.91 Å². The van der Waals surface area contributed by atoms with Gasteiger partial charge in [-0.25, -0.2) is 14.8 Å². The van der Waals surface area contributed by atoms with Crippen LogP contribution < -0.4 is 10.6 Å². The maximum atomic E-state index is 12.1. The number of nitrogens with zero attached hydrogens (tertiary/aromatic N) is 2. The van der Waals surface area contributed by atoms with Gasteiger partial charge in [-0.3, -0.25) is 10.1 Å². The Bertz CT molecular complexity index is 759. The van der Waals surface area contributed by atoms with Gasteiger partial charge in [0.25, 0.3) is 0 Å². The molecule has 0 aromatic carbocycles. The third kappa shape index (κ3) is 4.18. The zero-order valence-electron chi connectivity index (χ0n) is 13.1. The number of nitrogens with one attached hydrogen (secondary N) is 3. The molecule has 0 radical (unpaired) electrons. The van der Waals surface area contributed by atoms with Crippen molar-refractivity contribution in [1.29, 1.82) is 0 Å². The fraction of sp³-hybridized carbons (Fsp3) is 0.467. The van der Waals surface area contributed by atoms with E-state index in [4.69, 9.17) is 11.6 Å². The van der Waals surface area contributed by atoms with Crippen molar-refractivity contribution in [2.24, 2.45) is 0 Å². The van der Waals surface area contributed by atoms with Crippen molar-refractivity contribution in [3.8, 4) is 0 Å². The minimum absolute atomic E-state index is 0.173. The van der Waals surface area contributed by atoms with Crippen molar-refractivity contribution in [3.63, 3.8) is 0 Å². The summed E-state index contributed by atoms with van der Waals surface area (Å²) in [5.74, 6) is -0.359. The molecule has 1 atom stereocenters. The van der Waals surface area contributed by atoms with Gasteiger partial charge in [0.05, 0.1) is 15.8 Å². The fourth-order valence-corrected chi connectivity index (χ4v) is 3.60. The number of aromatic amines is 1. The number of H-pyrrole nitrogens is 1. The number of imide groups is 1. The molecule has 3 N–H and O–H groups in total. The molecule has 1 aliphatic rings. The summed E-state index contributed by atoms with van der Waals surface area (Å²) in [4.78, 5) is 35.4.